The summed E-state index contributed by atoms with van der Waals surface area (Å²) >= 11 is 0. The number of sulfonamides is 1. The van der Waals surface area contributed by atoms with Gasteiger partial charge in [-0.25, -0.2) is 17.9 Å². The third kappa shape index (κ3) is 3.70. The number of nitrogens with zero attached hydrogens (tertiary/aromatic N) is 1. The number of halogens is 1. The topological polar surface area (TPSA) is 89.7 Å². The zero-order chi connectivity index (χ0) is 15.6. The van der Waals surface area contributed by atoms with Gasteiger partial charge >= 0.3 is 0 Å². The van der Waals surface area contributed by atoms with E-state index in [0.29, 0.717) is 13.1 Å². The Hall–Kier alpha value is -1.67. The molecule has 8 heteroatoms. The summed E-state index contributed by atoms with van der Waals surface area (Å²) in [7, 11) is -4.14. The summed E-state index contributed by atoms with van der Waals surface area (Å²) < 4.78 is 41.5. The molecule has 1 unspecified atom stereocenters. The molecule has 0 saturated carbocycles. The Morgan fingerprint density at radius 2 is 2.00 bits per heavy atom. The maximum atomic E-state index is 13.2. The lowest BCUT2D eigenvalue weighted by Crippen LogP contribution is -2.38. The van der Waals surface area contributed by atoms with Gasteiger partial charge in [-0.15, -0.1) is 0 Å². The Kier molecular flexibility index (Phi) is 4.48. The molecule has 1 aromatic rings. The SMILES string of the molecule is CC(Oc1ccc(F)cc1S(N)(=O)=O)C(=O)N1CCCC1. The van der Waals surface area contributed by atoms with Gasteiger partial charge in [0.1, 0.15) is 16.5 Å². The quantitative estimate of drug-likeness (QED) is 0.892. The maximum Gasteiger partial charge on any atom is 0.263 e. The number of amides is 1. The summed E-state index contributed by atoms with van der Waals surface area (Å²) in [6, 6.07) is 2.98. The van der Waals surface area contributed by atoms with Gasteiger partial charge in [-0.3, -0.25) is 4.79 Å². The summed E-state index contributed by atoms with van der Waals surface area (Å²) in [6.45, 7) is 2.85. The molecular formula is C13H17FN2O4S. The maximum absolute atomic E-state index is 13.2. The number of ether oxygens (including phenoxy) is 1. The number of benzene rings is 1. The van der Waals surface area contributed by atoms with E-state index >= 15 is 0 Å². The molecule has 21 heavy (non-hydrogen) atoms. The highest BCUT2D eigenvalue weighted by Crippen LogP contribution is 2.25. The molecule has 1 heterocycles. The van der Waals surface area contributed by atoms with Crippen molar-refractivity contribution in [3.8, 4) is 5.75 Å². The fourth-order valence-electron chi connectivity index (χ4n) is 2.24. The molecule has 0 aliphatic carbocycles. The normalized spacial score (nSPS) is 16.8. The van der Waals surface area contributed by atoms with E-state index < -0.39 is 26.8 Å². The number of carbonyl (C=O) groups is 1. The third-order valence-corrected chi connectivity index (χ3v) is 4.21. The van der Waals surface area contributed by atoms with Gasteiger partial charge in [-0.05, 0) is 38.0 Å². The number of hydrogen-bond acceptors (Lipinski definition) is 4. The lowest BCUT2D eigenvalue weighted by molar-refractivity contribution is -0.136. The highest BCUT2D eigenvalue weighted by Gasteiger charge is 2.26. The van der Waals surface area contributed by atoms with Crippen LogP contribution in [0.15, 0.2) is 23.1 Å². The molecule has 0 bridgehead atoms. The van der Waals surface area contributed by atoms with Crippen LogP contribution in [0, 0.1) is 5.82 Å². The second-order valence-corrected chi connectivity index (χ2v) is 6.46. The van der Waals surface area contributed by atoms with E-state index in [1.54, 1.807) is 4.90 Å². The molecule has 0 radical (unpaired) electrons. The van der Waals surface area contributed by atoms with Crippen LogP contribution in [-0.2, 0) is 14.8 Å². The largest absolute Gasteiger partial charge is 0.479 e. The monoisotopic (exact) mass is 316 g/mol. The van der Waals surface area contributed by atoms with Crippen LogP contribution in [0.4, 0.5) is 4.39 Å². The van der Waals surface area contributed by atoms with Gasteiger partial charge in [0.2, 0.25) is 10.0 Å². The molecule has 1 aliphatic rings. The van der Waals surface area contributed by atoms with Crippen molar-refractivity contribution in [2.75, 3.05) is 13.1 Å². The van der Waals surface area contributed by atoms with Gasteiger partial charge in [0.05, 0.1) is 0 Å². The van der Waals surface area contributed by atoms with Crippen LogP contribution in [0.3, 0.4) is 0 Å². The zero-order valence-corrected chi connectivity index (χ0v) is 12.4. The van der Waals surface area contributed by atoms with Gasteiger partial charge < -0.3 is 9.64 Å². The molecule has 6 nitrogen and oxygen atoms in total. The molecule has 1 aromatic carbocycles. The van der Waals surface area contributed by atoms with Gasteiger partial charge in [-0.2, -0.15) is 0 Å². The molecule has 1 saturated heterocycles. The van der Waals surface area contributed by atoms with Crippen molar-refractivity contribution < 1.29 is 22.3 Å². The van der Waals surface area contributed by atoms with Crippen molar-refractivity contribution in [3.63, 3.8) is 0 Å². The van der Waals surface area contributed by atoms with Gasteiger partial charge in [0.15, 0.2) is 6.10 Å². The fourth-order valence-corrected chi connectivity index (χ4v) is 2.91. The molecule has 1 fully saturated rings. The molecule has 1 atom stereocenters. The van der Waals surface area contributed by atoms with E-state index in [0.717, 1.165) is 31.0 Å². The van der Waals surface area contributed by atoms with Crippen molar-refractivity contribution in [2.24, 2.45) is 5.14 Å². The third-order valence-electron chi connectivity index (χ3n) is 3.28. The van der Waals surface area contributed by atoms with Crippen molar-refractivity contribution in [3.05, 3.63) is 24.0 Å². The average Bonchev–Trinajstić information content (AvgIpc) is 2.92. The van der Waals surface area contributed by atoms with Gasteiger partial charge in [0.25, 0.3) is 5.91 Å². The van der Waals surface area contributed by atoms with E-state index in [4.69, 9.17) is 9.88 Å². The Balaban J connectivity index is 2.21. The number of likely N-dealkylation sites (tertiary alicyclic amines) is 1. The molecule has 1 aliphatic heterocycles. The van der Waals surface area contributed by atoms with E-state index in [-0.39, 0.29) is 11.7 Å². The Morgan fingerprint density at radius 1 is 1.38 bits per heavy atom. The first kappa shape index (κ1) is 15.7. The van der Waals surface area contributed by atoms with Crippen LogP contribution in [0.1, 0.15) is 19.8 Å². The highest BCUT2D eigenvalue weighted by atomic mass is 32.2. The number of carbonyl (C=O) groups excluding carboxylic acids is 1. The summed E-state index contributed by atoms with van der Waals surface area (Å²) in [5.41, 5.74) is 0. The number of primary sulfonamides is 1. The van der Waals surface area contributed by atoms with Crippen molar-refractivity contribution >= 4 is 15.9 Å². The Labute approximate surface area is 122 Å². The first-order valence-electron chi connectivity index (χ1n) is 6.57. The minimum atomic E-state index is -4.14. The standard InChI is InChI=1S/C13H17FN2O4S/c1-9(13(17)16-6-2-3-7-16)20-11-5-4-10(14)8-12(11)21(15,18)19/h4-5,8-9H,2-3,6-7H2,1H3,(H2,15,18,19). The highest BCUT2D eigenvalue weighted by molar-refractivity contribution is 7.89. The molecule has 1 amide bonds. The van der Waals surface area contributed by atoms with Crippen LogP contribution in [0.5, 0.6) is 5.75 Å². The summed E-state index contributed by atoms with van der Waals surface area (Å²) in [6.07, 6.45) is 1.02. The molecule has 116 valence electrons. The van der Waals surface area contributed by atoms with Gasteiger partial charge in [0, 0.05) is 13.1 Å². The van der Waals surface area contributed by atoms with E-state index in [1.807, 2.05) is 0 Å². The minimum absolute atomic E-state index is 0.126. The van der Waals surface area contributed by atoms with Crippen LogP contribution in [0.25, 0.3) is 0 Å². The summed E-state index contributed by atoms with van der Waals surface area (Å²) in [5.74, 6) is -1.10. The molecule has 2 rings (SSSR count). The summed E-state index contributed by atoms with van der Waals surface area (Å²) in [5, 5.41) is 5.03. The first-order valence-corrected chi connectivity index (χ1v) is 8.11. The van der Waals surface area contributed by atoms with Crippen molar-refractivity contribution in [2.45, 2.75) is 30.8 Å². The molecule has 0 aromatic heterocycles. The predicted molar refractivity (Wildman–Crippen MR) is 73.7 cm³/mol. The fraction of sp³-hybridized carbons (Fsp3) is 0.462. The van der Waals surface area contributed by atoms with Crippen LogP contribution in [0.2, 0.25) is 0 Å². The van der Waals surface area contributed by atoms with Gasteiger partial charge in [-0.1, -0.05) is 0 Å². The van der Waals surface area contributed by atoms with Crippen LogP contribution in [-0.4, -0.2) is 38.4 Å². The smallest absolute Gasteiger partial charge is 0.263 e. The molecule has 2 N–H and O–H groups in total. The Morgan fingerprint density at radius 3 is 2.57 bits per heavy atom. The predicted octanol–water partition coefficient (Wildman–Crippen LogP) is 0.863. The number of nitrogens with two attached hydrogens (primary N) is 1. The molecule has 0 spiro atoms. The first-order chi connectivity index (χ1) is 9.79. The average molecular weight is 316 g/mol. The van der Waals surface area contributed by atoms with Crippen LogP contribution < -0.4 is 9.88 Å². The minimum Gasteiger partial charge on any atom is -0.479 e. The lowest BCUT2D eigenvalue weighted by atomic mass is 10.3. The van der Waals surface area contributed by atoms with Crippen molar-refractivity contribution in [1.82, 2.24) is 4.90 Å². The van der Waals surface area contributed by atoms with E-state index in [9.17, 15) is 17.6 Å². The molecular weight excluding hydrogens is 299 g/mol. The lowest BCUT2D eigenvalue weighted by Gasteiger charge is -2.22. The Bertz CT molecular complexity index is 642. The summed E-state index contributed by atoms with van der Waals surface area (Å²) in [4.78, 5) is 13.3. The zero-order valence-electron chi connectivity index (χ0n) is 11.6. The number of rotatable bonds is 4. The van der Waals surface area contributed by atoms with E-state index in [1.165, 1.54) is 6.92 Å². The second-order valence-electron chi connectivity index (χ2n) is 4.93. The van der Waals surface area contributed by atoms with Crippen LogP contribution >= 0.6 is 0 Å². The second kappa shape index (κ2) is 5.98. The number of hydrogen-bond donors (Lipinski definition) is 1. The van der Waals surface area contributed by atoms with E-state index in [2.05, 4.69) is 0 Å². The van der Waals surface area contributed by atoms with Crippen molar-refractivity contribution in [1.29, 1.82) is 0 Å².